The number of ether oxygens (including phenoxy) is 1. The summed E-state index contributed by atoms with van der Waals surface area (Å²) in [5.74, 6) is 0. The van der Waals surface area contributed by atoms with Gasteiger partial charge in [0.05, 0.1) is 12.2 Å². The lowest BCUT2D eigenvalue weighted by atomic mass is 10.1. The van der Waals surface area contributed by atoms with E-state index in [1.807, 2.05) is 35.5 Å². The maximum atomic E-state index is 9.14. The number of aliphatic hydroxyl groups is 1. The molecule has 3 rings (SSSR count). The molecule has 27 heavy (non-hydrogen) atoms. The van der Waals surface area contributed by atoms with Crippen molar-refractivity contribution < 1.29 is 9.84 Å². The molecule has 146 valence electrons. The summed E-state index contributed by atoms with van der Waals surface area (Å²) >= 11 is 0. The molecule has 6 nitrogen and oxygen atoms in total. The summed E-state index contributed by atoms with van der Waals surface area (Å²) in [5.41, 5.74) is 3.10. The van der Waals surface area contributed by atoms with E-state index in [0.29, 0.717) is 13.2 Å². The van der Waals surface area contributed by atoms with Crippen LogP contribution in [0.2, 0.25) is 25.7 Å². The first kappa shape index (κ1) is 19.8. The Balaban J connectivity index is 1.77. The molecule has 3 aromatic rings. The Hall–Kier alpha value is -1.96. The molecule has 0 aliphatic rings. The predicted octanol–water partition coefficient (Wildman–Crippen LogP) is 4.16. The molecular weight excluding hydrogens is 356 g/mol. The second kappa shape index (κ2) is 8.37. The monoisotopic (exact) mass is 386 g/mol. The zero-order chi connectivity index (χ0) is 19.4. The highest BCUT2D eigenvalue weighted by atomic mass is 28.3. The molecule has 0 saturated carbocycles. The number of fused-ring (bicyclic) bond motifs is 1. The Morgan fingerprint density at radius 1 is 1.26 bits per heavy atom. The Labute approximate surface area is 161 Å². The van der Waals surface area contributed by atoms with Crippen molar-refractivity contribution in [2.45, 2.75) is 51.8 Å². The van der Waals surface area contributed by atoms with E-state index in [2.05, 4.69) is 47.3 Å². The number of hydrogen-bond acceptors (Lipinski definition) is 4. The number of pyridine rings is 1. The number of aliphatic hydroxyl groups excluding tert-OH is 1. The molecule has 3 heterocycles. The van der Waals surface area contributed by atoms with Gasteiger partial charge >= 0.3 is 0 Å². The summed E-state index contributed by atoms with van der Waals surface area (Å²) in [4.78, 5) is 4.56. The average Bonchev–Trinajstić information content (AvgIpc) is 3.25. The van der Waals surface area contributed by atoms with Gasteiger partial charge in [0, 0.05) is 50.8 Å². The van der Waals surface area contributed by atoms with Crippen molar-refractivity contribution in [3.8, 4) is 11.1 Å². The summed E-state index contributed by atoms with van der Waals surface area (Å²) in [6.45, 7) is 10.6. The fourth-order valence-electron chi connectivity index (χ4n) is 3.02. The predicted molar refractivity (Wildman–Crippen MR) is 111 cm³/mol. The van der Waals surface area contributed by atoms with E-state index in [-0.39, 0.29) is 12.6 Å². The van der Waals surface area contributed by atoms with E-state index in [1.165, 1.54) is 0 Å². The van der Waals surface area contributed by atoms with Gasteiger partial charge in [-0.3, -0.25) is 4.68 Å². The minimum Gasteiger partial charge on any atom is -0.396 e. The summed E-state index contributed by atoms with van der Waals surface area (Å²) in [5, 5.41) is 14.7. The van der Waals surface area contributed by atoms with E-state index < -0.39 is 8.07 Å². The number of nitrogens with zero attached hydrogens (tertiary/aromatic N) is 4. The molecule has 0 saturated heterocycles. The lowest BCUT2D eigenvalue weighted by molar-refractivity contribution is 0.0899. The molecule has 0 radical (unpaired) electrons. The third kappa shape index (κ3) is 4.85. The minimum atomic E-state index is -1.07. The molecule has 1 N–H and O–H groups in total. The molecule has 0 fully saturated rings. The molecule has 7 heteroatoms. The van der Waals surface area contributed by atoms with Gasteiger partial charge in [0.25, 0.3) is 0 Å². The van der Waals surface area contributed by atoms with Crippen molar-refractivity contribution >= 4 is 19.1 Å². The van der Waals surface area contributed by atoms with Crippen molar-refractivity contribution in [2.75, 3.05) is 13.2 Å². The average molecular weight is 387 g/mol. The van der Waals surface area contributed by atoms with E-state index in [9.17, 15) is 0 Å². The maximum absolute atomic E-state index is 9.14. The molecule has 3 aromatic heterocycles. The van der Waals surface area contributed by atoms with Crippen LogP contribution in [0.3, 0.4) is 0 Å². The van der Waals surface area contributed by atoms with Gasteiger partial charge < -0.3 is 14.4 Å². The summed E-state index contributed by atoms with van der Waals surface area (Å²) < 4.78 is 9.86. The smallest absolute Gasteiger partial charge is 0.142 e. The van der Waals surface area contributed by atoms with Gasteiger partial charge in [-0.2, -0.15) is 5.10 Å². The van der Waals surface area contributed by atoms with Crippen LogP contribution in [-0.2, 0) is 11.5 Å². The van der Waals surface area contributed by atoms with Crippen LogP contribution in [0.5, 0.6) is 0 Å². The topological polar surface area (TPSA) is 65.1 Å². The van der Waals surface area contributed by atoms with Crippen LogP contribution >= 0.6 is 0 Å². The van der Waals surface area contributed by atoms with Gasteiger partial charge in [0.2, 0.25) is 0 Å². The summed E-state index contributed by atoms with van der Waals surface area (Å²) in [7, 11) is -1.07. The lowest BCUT2D eigenvalue weighted by Crippen LogP contribution is -2.22. The molecule has 0 aliphatic carbocycles. The van der Waals surface area contributed by atoms with Crippen LogP contribution in [0.4, 0.5) is 0 Å². The zero-order valence-corrected chi connectivity index (χ0v) is 17.7. The van der Waals surface area contributed by atoms with Crippen molar-refractivity contribution in [3.05, 3.63) is 36.9 Å². The van der Waals surface area contributed by atoms with Gasteiger partial charge in [-0.1, -0.05) is 19.6 Å². The van der Waals surface area contributed by atoms with Crippen LogP contribution in [-0.4, -0.2) is 45.7 Å². The van der Waals surface area contributed by atoms with Crippen molar-refractivity contribution in [2.24, 2.45) is 0 Å². The van der Waals surface area contributed by atoms with E-state index in [4.69, 9.17) is 9.84 Å². The molecule has 1 atom stereocenters. The molecule has 0 amide bonds. The van der Waals surface area contributed by atoms with Gasteiger partial charge in [0.15, 0.2) is 0 Å². The largest absolute Gasteiger partial charge is 0.396 e. The van der Waals surface area contributed by atoms with Gasteiger partial charge in [0.1, 0.15) is 12.4 Å². The van der Waals surface area contributed by atoms with Crippen LogP contribution < -0.4 is 0 Å². The van der Waals surface area contributed by atoms with Crippen LogP contribution in [0.15, 0.2) is 36.9 Å². The lowest BCUT2D eigenvalue weighted by Gasteiger charge is -2.15. The fourth-order valence-corrected chi connectivity index (χ4v) is 3.78. The molecule has 0 spiro atoms. The first-order valence-electron chi connectivity index (χ1n) is 9.56. The standard InChI is InChI=1S/C20H30N4O2Si/c1-16(7-10-25)24-14-17(13-22-24)18-5-8-21-20-19(18)6-9-23(20)15-26-11-12-27(2,3)4/h5-6,8-9,13-14,16,25H,7,10-12,15H2,1-4H3. The highest BCUT2D eigenvalue weighted by molar-refractivity contribution is 6.76. The Morgan fingerprint density at radius 2 is 2.07 bits per heavy atom. The minimum absolute atomic E-state index is 0.163. The molecule has 0 bridgehead atoms. The molecular formula is C20H30N4O2Si. The van der Waals surface area contributed by atoms with Crippen molar-refractivity contribution in [1.82, 2.24) is 19.3 Å². The highest BCUT2D eigenvalue weighted by Gasteiger charge is 2.14. The van der Waals surface area contributed by atoms with Gasteiger partial charge in [-0.25, -0.2) is 4.98 Å². The van der Waals surface area contributed by atoms with Crippen LogP contribution in [0, 0.1) is 0 Å². The Kier molecular flexibility index (Phi) is 6.14. The zero-order valence-electron chi connectivity index (χ0n) is 16.7. The number of hydrogen-bond donors (Lipinski definition) is 1. The third-order valence-corrected chi connectivity index (χ3v) is 6.50. The van der Waals surface area contributed by atoms with Crippen molar-refractivity contribution in [1.29, 1.82) is 0 Å². The van der Waals surface area contributed by atoms with E-state index in [1.54, 1.807) is 0 Å². The fraction of sp³-hybridized carbons (Fsp3) is 0.500. The first-order valence-corrected chi connectivity index (χ1v) is 13.3. The second-order valence-electron chi connectivity index (χ2n) is 8.30. The van der Waals surface area contributed by atoms with E-state index in [0.717, 1.165) is 34.8 Å². The Bertz CT molecular complexity index is 882. The van der Waals surface area contributed by atoms with Gasteiger partial charge in [-0.05, 0) is 37.1 Å². The molecule has 0 aromatic carbocycles. The van der Waals surface area contributed by atoms with Crippen LogP contribution in [0.25, 0.3) is 22.2 Å². The number of rotatable bonds is 9. The molecule has 0 aliphatic heterocycles. The van der Waals surface area contributed by atoms with Crippen LogP contribution in [0.1, 0.15) is 19.4 Å². The van der Waals surface area contributed by atoms with E-state index >= 15 is 0 Å². The molecule has 1 unspecified atom stereocenters. The first-order chi connectivity index (χ1) is 12.9. The Morgan fingerprint density at radius 3 is 2.81 bits per heavy atom. The summed E-state index contributed by atoms with van der Waals surface area (Å²) in [6, 6.07) is 5.45. The SMILES string of the molecule is CC(CCO)n1cc(-c2ccnc3c2ccn3COCC[Si](C)(C)C)cn1. The normalized spacial score (nSPS) is 13.4. The highest BCUT2D eigenvalue weighted by Crippen LogP contribution is 2.28. The summed E-state index contributed by atoms with van der Waals surface area (Å²) in [6.07, 6.45) is 8.48. The number of aromatic nitrogens is 4. The van der Waals surface area contributed by atoms with Gasteiger partial charge in [-0.15, -0.1) is 0 Å². The van der Waals surface area contributed by atoms with Crippen molar-refractivity contribution in [3.63, 3.8) is 0 Å². The third-order valence-electron chi connectivity index (χ3n) is 4.80. The maximum Gasteiger partial charge on any atom is 0.142 e. The quantitative estimate of drug-likeness (QED) is 0.443. The second-order valence-corrected chi connectivity index (χ2v) is 13.9.